The Balaban J connectivity index is 1.60. The number of benzene rings is 4. The lowest BCUT2D eigenvalue weighted by Gasteiger charge is -2.46. The number of nitrogens with zero attached hydrogens (tertiary/aromatic N) is 3. The molecule has 7 heteroatoms. The Morgan fingerprint density at radius 3 is 2.09 bits per heavy atom. The van der Waals surface area contributed by atoms with Crippen LogP contribution in [0.1, 0.15) is 22.6 Å². The molecule has 0 radical (unpaired) electrons. The Morgan fingerprint density at radius 2 is 1.39 bits per heavy atom. The van der Waals surface area contributed by atoms with Gasteiger partial charge in [0, 0.05) is 53.2 Å². The van der Waals surface area contributed by atoms with Crippen molar-refractivity contribution in [2.75, 3.05) is 16.8 Å². The molecule has 3 aliphatic rings. The summed E-state index contributed by atoms with van der Waals surface area (Å²) in [4.78, 5) is 15.1. The van der Waals surface area contributed by atoms with Gasteiger partial charge in [0.15, 0.2) is 0 Å². The second-order valence-electron chi connectivity index (χ2n) is 8.45. The number of phenolic OH excluding ortho intramolecular Hbond substituents is 1. The van der Waals surface area contributed by atoms with Gasteiger partial charge in [0.05, 0.1) is 22.0 Å². The summed E-state index contributed by atoms with van der Waals surface area (Å²) in [7, 11) is 2.03. The SMILES string of the molecule is CN1c2cccc3c2C2c4c(cccc4N(c4cc([N+](=O)[O-])ccc4O)c4cccc1c42)O3. The molecule has 0 aromatic heterocycles. The Morgan fingerprint density at radius 1 is 0.818 bits per heavy atom. The number of nitro groups is 1. The largest absolute Gasteiger partial charge is 0.506 e. The lowest BCUT2D eigenvalue weighted by atomic mass is 9.74. The van der Waals surface area contributed by atoms with Crippen LogP contribution in [0.25, 0.3) is 0 Å². The van der Waals surface area contributed by atoms with Gasteiger partial charge in [-0.05, 0) is 42.5 Å². The van der Waals surface area contributed by atoms with Crippen molar-refractivity contribution in [3.8, 4) is 17.2 Å². The second kappa shape index (κ2) is 6.04. The lowest BCUT2D eigenvalue weighted by molar-refractivity contribution is -0.384. The first-order chi connectivity index (χ1) is 16.0. The topological polar surface area (TPSA) is 79.1 Å². The van der Waals surface area contributed by atoms with Crippen molar-refractivity contribution in [2.24, 2.45) is 0 Å². The van der Waals surface area contributed by atoms with Crippen LogP contribution >= 0.6 is 0 Å². The molecule has 1 atom stereocenters. The molecule has 0 aliphatic carbocycles. The maximum Gasteiger partial charge on any atom is 0.271 e. The number of rotatable bonds is 2. The lowest BCUT2D eigenvalue weighted by Crippen LogP contribution is -2.31. The first-order valence-corrected chi connectivity index (χ1v) is 10.6. The molecule has 4 aromatic rings. The van der Waals surface area contributed by atoms with Crippen LogP contribution in [0.5, 0.6) is 17.2 Å². The molecule has 0 saturated heterocycles. The van der Waals surface area contributed by atoms with Crippen LogP contribution in [0.4, 0.5) is 34.1 Å². The highest BCUT2D eigenvalue weighted by Gasteiger charge is 2.45. The Hall–Kier alpha value is -4.52. The van der Waals surface area contributed by atoms with Gasteiger partial charge in [0.1, 0.15) is 17.2 Å². The highest BCUT2D eigenvalue weighted by Crippen LogP contribution is 2.64. The van der Waals surface area contributed by atoms with Gasteiger partial charge in [-0.15, -0.1) is 0 Å². The van der Waals surface area contributed by atoms with Crippen LogP contribution in [-0.4, -0.2) is 17.1 Å². The number of ether oxygens (including phenoxy) is 1. The van der Waals surface area contributed by atoms with E-state index in [4.69, 9.17) is 4.74 Å². The highest BCUT2D eigenvalue weighted by atomic mass is 16.6. The molecule has 0 amide bonds. The molecule has 160 valence electrons. The number of anilines is 5. The van der Waals surface area contributed by atoms with Crippen LogP contribution in [0.2, 0.25) is 0 Å². The van der Waals surface area contributed by atoms with Gasteiger partial charge in [-0.2, -0.15) is 0 Å². The Labute approximate surface area is 188 Å². The van der Waals surface area contributed by atoms with Gasteiger partial charge < -0.3 is 19.6 Å². The zero-order chi connectivity index (χ0) is 22.4. The van der Waals surface area contributed by atoms with E-state index in [0.29, 0.717) is 5.69 Å². The summed E-state index contributed by atoms with van der Waals surface area (Å²) in [6.45, 7) is 0. The van der Waals surface area contributed by atoms with E-state index in [9.17, 15) is 15.2 Å². The van der Waals surface area contributed by atoms with E-state index in [1.54, 1.807) is 0 Å². The molecule has 3 aliphatic heterocycles. The van der Waals surface area contributed by atoms with E-state index in [0.717, 1.165) is 50.9 Å². The third kappa shape index (κ3) is 2.18. The third-order valence-corrected chi connectivity index (χ3v) is 6.85. The Bertz CT molecular complexity index is 1530. The first kappa shape index (κ1) is 18.1. The molecule has 3 heterocycles. The average Bonchev–Trinajstić information content (AvgIpc) is 2.82. The van der Waals surface area contributed by atoms with Crippen molar-refractivity contribution in [1.82, 2.24) is 0 Å². The van der Waals surface area contributed by atoms with E-state index in [-0.39, 0.29) is 17.4 Å². The monoisotopic (exact) mass is 435 g/mol. The number of phenols is 1. The summed E-state index contributed by atoms with van der Waals surface area (Å²) in [5.41, 5.74) is 7.34. The zero-order valence-corrected chi connectivity index (χ0v) is 17.5. The molecule has 0 bridgehead atoms. The summed E-state index contributed by atoms with van der Waals surface area (Å²) in [6.07, 6.45) is 0. The van der Waals surface area contributed by atoms with E-state index >= 15 is 0 Å². The molecule has 1 unspecified atom stereocenters. The molecule has 0 fully saturated rings. The van der Waals surface area contributed by atoms with Gasteiger partial charge in [0.25, 0.3) is 5.69 Å². The van der Waals surface area contributed by atoms with Gasteiger partial charge in [0.2, 0.25) is 0 Å². The molecule has 33 heavy (non-hydrogen) atoms. The molecule has 0 spiro atoms. The van der Waals surface area contributed by atoms with Crippen LogP contribution in [0.15, 0.2) is 72.8 Å². The first-order valence-electron chi connectivity index (χ1n) is 10.6. The van der Waals surface area contributed by atoms with E-state index in [2.05, 4.69) is 17.0 Å². The summed E-state index contributed by atoms with van der Waals surface area (Å²) in [5, 5.41) is 22.3. The summed E-state index contributed by atoms with van der Waals surface area (Å²) < 4.78 is 6.35. The highest BCUT2D eigenvalue weighted by molar-refractivity contribution is 5.96. The minimum Gasteiger partial charge on any atom is -0.506 e. The molecule has 4 aromatic carbocycles. The second-order valence-corrected chi connectivity index (χ2v) is 8.45. The van der Waals surface area contributed by atoms with Gasteiger partial charge in [-0.1, -0.05) is 18.2 Å². The fourth-order valence-corrected chi connectivity index (χ4v) is 5.51. The van der Waals surface area contributed by atoms with Crippen LogP contribution in [-0.2, 0) is 0 Å². The van der Waals surface area contributed by atoms with Gasteiger partial charge >= 0.3 is 0 Å². The van der Waals surface area contributed by atoms with Crippen molar-refractivity contribution in [2.45, 2.75) is 5.92 Å². The molecular weight excluding hydrogens is 418 g/mol. The molecule has 0 saturated carbocycles. The fraction of sp³-hybridized carbons (Fsp3) is 0.0769. The van der Waals surface area contributed by atoms with Crippen molar-refractivity contribution in [1.29, 1.82) is 0 Å². The van der Waals surface area contributed by atoms with Crippen LogP contribution < -0.4 is 14.5 Å². The van der Waals surface area contributed by atoms with Gasteiger partial charge in [-0.25, -0.2) is 0 Å². The quantitative estimate of drug-likeness (QED) is 0.249. The fourth-order valence-electron chi connectivity index (χ4n) is 5.51. The molecule has 1 N–H and O–H groups in total. The van der Waals surface area contributed by atoms with Crippen molar-refractivity contribution < 1.29 is 14.8 Å². The Kier molecular flexibility index (Phi) is 3.31. The normalized spacial score (nSPS) is 16.2. The summed E-state index contributed by atoms with van der Waals surface area (Å²) >= 11 is 0. The number of nitro benzene ring substituents is 1. The van der Waals surface area contributed by atoms with Gasteiger partial charge in [-0.3, -0.25) is 10.1 Å². The minimum absolute atomic E-state index is 0.0313. The standard InChI is InChI=1S/C26H17N3O4/c1-27-15-5-2-7-17-23(15)26-24-16(27)6-3-9-21(24)33-22-10-4-8-18(25(22)26)28(17)19-13-14(29(31)32)11-12-20(19)30/h2-13,26,30H,1H3. The smallest absolute Gasteiger partial charge is 0.271 e. The van der Waals surface area contributed by atoms with Crippen LogP contribution in [0.3, 0.4) is 0 Å². The third-order valence-electron chi connectivity index (χ3n) is 6.85. The van der Waals surface area contributed by atoms with Crippen molar-refractivity contribution >= 4 is 34.1 Å². The van der Waals surface area contributed by atoms with E-state index < -0.39 is 4.92 Å². The van der Waals surface area contributed by atoms with Crippen LogP contribution in [0, 0.1) is 10.1 Å². The average molecular weight is 435 g/mol. The molecular formula is C26H17N3O4. The number of non-ortho nitro benzene ring substituents is 1. The molecule has 7 rings (SSSR count). The number of hydrogen-bond acceptors (Lipinski definition) is 6. The van der Waals surface area contributed by atoms with E-state index in [1.807, 2.05) is 54.4 Å². The summed E-state index contributed by atoms with van der Waals surface area (Å²) in [6, 6.07) is 22.1. The number of aromatic hydroxyl groups is 1. The maximum atomic E-state index is 11.5. The number of hydrogen-bond donors (Lipinski definition) is 1. The summed E-state index contributed by atoms with van der Waals surface area (Å²) in [5.74, 6) is 1.52. The zero-order valence-electron chi connectivity index (χ0n) is 17.5. The van der Waals surface area contributed by atoms with Crippen molar-refractivity contribution in [3.63, 3.8) is 0 Å². The predicted octanol–water partition coefficient (Wildman–Crippen LogP) is 6.45. The predicted molar refractivity (Wildman–Crippen MR) is 125 cm³/mol. The van der Waals surface area contributed by atoms with Crippen molar-refractivity contribution in [3.05, 3.63) is 99.6 Å². The van der Waals surface area contributed by atoms with E-state index in [1.165, 1.54) is 18.2 Å². The molecule has 7 nitrogen and oxygen atoms in total. The maximum absolute atomic E-state index is 11.5. The minimum atomic E-state index is -0.448.